The second-order valence-electron chi connectivity index (χ2n) is 6.03. The van der Waals surface area contributed by atoms with Crippen molar-refractivity contribution in [3.8, 4) is 11.4 Å². The van der Waals surface area contributed by atoms with Crippen LogP contribution in [0.5, 0.6) is 0 Å². The van der Waals surface area contributed by atoms with E-state index >= 15 is 0 Å². The number of aromatic nitrogens is 2. The maximum Gasteiger partial charge on any atom is 0.141 e. The van der Waals surface area contributed by atoms with Gasteiger partial charge in [-0.1, -0.05) is 12.2 Å². The lowest BCUT2D eigenvalue weighted by Gasteiger charge is -2.10. The van der Waals surface area contributed by atoms with Crippen LogP contribution in [-0.4, -0.2) is 9.55 Å². The van der Waals surface area contributed by atoms with Gasteiger partial charge in [0.05, 0.1) is 11.0 Å². The molecule has 3 aromatic rings. The number of nitrogens with two attached hydrogens (primary N) is 1. The van der Waals surface area contributed by atoms with Crippen LogP contribution in [0, 0.1) is 13.8 Å². The first-order chi connectivity index (χ1) is 10.5. The van der Waals surface area contributed by atoms with Gasteiger partial charge in [-0.25, -0.2) is 4.98 Å². The lowest BCUT2D eigenvalue weighted by Crippen LogP contribution is -2.01. The molecule has 0 aliphatic heterocycles. The van der Waals surface area contributed by atoms with Crippen LogP contribution in [0.4, 0.5) is 5.69 Å². The third-order valence-corrected chi connectivity index (χ3v) is 3.96. The van der Waals surface area contributed by atoms with Crippen molar-refractivity contribution in [1.82, 2.24) is 9.55 Å². The number of imidazole rings is 1. The molecule has 0 saturated heterocycles. The van der Waals surface area contributed by atoms with E-state index in [0.29, 0.717) is 0 Å². The molecule has 3 nitrogen and oxygen atoms in total. The van der Waals surface area contributed by atoms with Crippen molar-refractivity contribution in [2.45, 2.75) is 27.3 Å². The van der Waals surface area contributed by atoms with Crippen LogP contribution in [0.15, 0.2) is 48.6 Å². The Morgan fingerprint density at radius 2 is 1.77 bits per heavy atom. The minimum Gasteiger partial charge on any atom is -0.399 e. The Kier molecular flexibility index (Phi) is 3.49. The van der Waals surface area contributed by atoms with Gasteiger partial charge in [-0.15, -0.1) is 0 Å². The molecule has 22 heavy (non-hydrogen) atoms. The van der Waals surface area contributed by atoms with Gasteiger partial charge in [0, 0.05) is 17.8 Å². The summed E-state index contributed by atoms with van der Waals surface area (Å²) in [6.45, 7) is 11.1. The largest absolute Gasteiger partial charge is 0.399 e. The molecule has 112 valence electrons. The summed E-state index contributed by atoms with van der Waals surface area (Å²) < 4.78 is 2.23. The van der Waals surface area contributed by atoms with Crippen molar-refractivity contribution in [2.24, 2.45) is 0 Å². The average molecular weight is 291 g/mol. The number of allylic oxidation sites excluding steroid dienone is 1. The topological polar surface area (TPSA) is 43.8 Å². The normalized spacial score (nSPS) is 11.0. The van der Waals surface area contributed by atoms with E-state index < -0.39 is 0 Å². The number of fused-ring (bicyclic) bond motifs is 1. The van der Waals surface area contributed by atoms with E-state index in [2.05, 4.69) is 37.1 Å². The standard InChI is InChI=1S/C19H21N3/c1-12(2)11-22-18-10-14(4)13(3)9-17(18)21-19(22)15-5-7-16(20)8-6-15/h5-10H,1,11,20H2,2-4H3. The van der Waals surface area contributed by atoms with Crippen molar-refractivity contribution >= 4 is 16.7 Å². The molecule has 3 heteroatoms. The molecule has 0 atom stereocenters. The molecule has 2 aromatic carbocycles. The average Bonchev–Trinajstić information content (AvgIpc) is 2.78. The summed E-state index contributed by atoms with van der Waals surface area (Å²) in [5, 5.41) is 0. The third-order valence-electron chi connectivity index (χ3n) is 3.96. The molecule has 1 heterocycles. The number of rotatable bonds is 3. The van der Waals surface area contributed by atoms with Crippen molar-refractivity contribution in [1.29, 1.82) is 0 Å². The second-order valence-corrected chi connectivity index (χ2v) is 6.03. The monoisotopic (exact) mass is 291 g/mol. The van der Waals surface area contributed by atoms with Gasteiger partial charge in [0.1, 0.15) is 5.82 Å². The second kappa shape index (κ2) is 5.34. The van der Waals surface area contributed by atoms with Crippen LogP contribution < -0.4 is 5.73 Å². The first-order valence-corrected chi connectivity index (χ1v) is 7.43. The van der Waals surface area contributed by atoms with Gasteiger partial charge in [-0.05, 0) is 68.3 Å². The zero-order chi connectivity index (χ0) is 15.9. The van der Waals surface area contributed by atoms with E-state index in [1.165, 1.54) is 11.1 Å². The summed E-state index contributed by atoms with van der Waals surface area (Å²) in [5.41, 5.74) is 13.4. The zero-order valence-electron chi connectivity index (χ0n) is 13.4. The summed E-state index contributed by atoms with van der Waals surface area (Å²) >= 11 is 0. The Morgan fingerprint density at radius 1 is 1.14 bits per heavy atom. The molecule has 0 fully saturated rings. The quantitative estimate of drug-likeness (QED) is 0.571. The van der Waals surface area contributed by atoms with E-state index in [0.717, 1.165) is 40.2 Å². The van der Waals surface area contributed by atoms with Crippen LogP contribution in [0.1, 0.15) is 18.1 Å². The van der Waals surface area contributed by atoms with Crippen molar-refractivity contribution < 1.29 is 0 Å². The Morgan fingerprint density at radius 3 is 2.41 bits per heavy atom. The first kappa shape index (κ1) is 14.4. The molecule has 0 radical (unpaired) electrons. The highest BCUT2D eigenvalue weighted by atomic mass is 15.1. The maximum atomic E-state index is 5.80. The predicted molar refractivity (Wildman–Crippen MR) is 93.9 cm³/mol. The highest BCUT2D eigenvalue weighted by Crippen LogP contribution is 2.28. The molecule has 1 aromatic heterocycles. The van der Waals surface area contributed by atoms with Crippen molar-refractivity contribution in [3.05, 3.63) is 59.7 Å². The highest BCUT2D eigenvalue weighted by molar-refractivity contribution is 5.82. The van der Waals surface area contributed by atoms with Gasteiger partial charge < -0.3 is 10.3 Å². The van der Waals surface area contributed by atoms with Crippen LogP contribution in [0.25, 0.3) is 22.4 Å². The molecule has 0 aliphatic rings. The lowest BCUT2D eigenvalue weighted by atomic mass is 10.1. The maximum absolute atomic E-state index is 5.80. The van der Waals surface area contributed by atoms with Gasteiger partial charge in [0.15, 0.2) is 0 Å². The zero-order valence-corrected chi connectivity index (χ0v) is 13.4. The van der Waals surface area contributed by atoms with Gasteiger partial charge in [0.2, 0.25) is 0 Å². The van der Waals surface area contributed by atoms with Gasteiger partial charge in [-0.3, -0.25) is 0 Å². The summed E-state index contributed by atoms with van der Waals surface area (Å²) in [7, 11) is 0. The summed E-state index contributed by atoms with van der Waals surface area (Å²) in [6.07, 6.45) is 0. The molecule has 0 unspecified atom stereocenters. The predicted octanol–water partition coefficient (Wildman–Crippen LogP) is 4.48. The van der Waals surface area contributed by atoms with E-state index in [4.69, 9.17) is 10.7 Å². The Hall–Kier alpha value is -2.55. The van der Waals surface area contributed by atoms with Crippen molar-refractivity contribution in [3.63, 3.8) is 0 Å². The fourth-order valence-electron chi connectivity index (χ4n) is 2.66. The van der Waals surface area contributed by atoms with Crippen LogP contribution in [0.3, 0.4) is 0 Å². The molecular formula is C19H21N3. The molecule has 0 bridgehead atoms. The smallest absolute Gasteiger partial charge is 0.141 e. The molecule has 2 N–H and O–H groups in total. The fraction of sp³-hybridized carbons (Fsp3) is 0.211. The summed E-state index contributed by atoms with van der Waals surface area (Å²) in [6, 6.07) is 12.2. The SMILES string of the molecule is C=C(C)Cn1c(-c2ccc(N)cc2)nc2cc(C)c(C)cc21. The highest BCUT2D eigenvalue weighted by Gasteiger charge is 2.13. The lowest BCUT2D eigenvalue weighted by molar-refractivity contribution is 0.820. The summed E-state index contributed by atoms with van der Waals surface area (Å²) in [5.74, 6) is 0.961. The molecule has 0 amide bonds. The van der Waals surface area contributed by atoms with E-state index in [9.17, 15) is 0 Å². The minimum atomic E-state index is 0.762. The number of hydrogen-bond acceptors (Lipinski definition) is 2. The Bertz CT molecular complexity index is 855. The number of anilines is 1. The van der Waals surface area contributed by atoms with Crippen LogP contribution in [0.2, 0.25) is 0 Å². The molecule has 0 aliphatic carbocycles. The number of aryl methyl sites for hydroxylation is 2. The number of nitrogens with zero attached hydrogens (tertiary/aromatic N) is 2. The first-order valence-electron chi connectivity index (χ1n) is 7.43. The van der Waals surface area contributed by atoms with Crippen LogP contribution in [-0.2, 0) is 6.54 Å². The molecule has 0 saturated carbocycles. The molecular weight excluding hydrogens is 270 g/mol. The molecule has 3 rings (SSSR count). The summed E-state index contributed by atoms with van der Waals surface area (Å²) in [4.78, 5) is 4.85. The molecule has 0 spiro atoms. The number of benzene rings is 2. The van der Waals surface area contributed by atoms with Gasteiger partial charge in [0.25, 0.3) is 0 Å². The fourth-order valence-corrected chi connectivity index (χ4v) is 2.66. The Balaban J connectivity index is 2.28. The minimum absolute atomic E-state index is 0.762. The van der Waals surface area contributed by atoms with E-state index in [1.807, 2.05) is 31.2 Å². The Labute approximate surface area is 131 Å². The number of hydrogen-bond donors (Lipinski definition) is 1. The third kappa shape index (κ3) is 2.50. The van der Waals surface area contributed by atoms with Crippen molar-refractivity contribution in [2.75, 3.05) is 5.73 Å². The number of nitrogen functional groups attached to an aromatic ring is 1. The van der Waals surface area contributed by atoms with E-state index in [-0.39, 0.29) is 0 Å². The van der Waals surface area contributed by atoms with E-state index in [1.54, 1.807) is 0 Å². The van der Waals surface area contributed by atoms with Gasteiger partial charge in [-0.2, -0.15) is 0 Å². The van der Waals surface area contributed by atoms with Gasteiger partial charge >= 0.3 is 0 Å². The van der Waals surface area contributed by atoms with Crippen LogP contribution >= 0.6 is 0 Å².